The number of carbonyl (C=O) groups excluding carboxylic acids is 1. The lowest BCUT2D eigenvalue weighted by Gasteiger charge is -2.36. The van der Waals surface area contributed by atoms with Crippen LogP contribution in [-0.4, -0.2) is 24.2 Å². The second-order valence-corrected chi connectivity index (χ2v) is 7.80. The molecule has 1 aromatic carbocycles. The second-order valence-electron chi connectivity index (χ2n) is 7.80. The molecular formula is C21H33NO2. The van der Waals surface area contributed by atoms with Gasteiger partial charge in [-0.1, -0.05) is 57.5 Å². The lowest BCUT2D eigenvalue weighted by molar-refractivity contribution is -0.129. The number of rotatable bonds is 7. The maximum atomic E-state index is 12.8. The molecule has 1 saturated carbocycles. The van der Waals surface area contributed by atoms with Crippen molar-refractivity contribution in [3.8, 4) is 0 Å². The third-order valence-electron chi connectivity index (χ3n) is 5.63. The molecule has 2 rings (SSSR count). The van der Waals surface area contributed by atoms with Crippen LogP contribution in [0.2, 0.25) is 0 Å². The number of hydrogen-bond acceptors (Lipinski definition) is 2. The highest BCUT2D eigenvalue weighted by molar-refractivity contribution is 5.79. The summed E-state index contributed by atoms with van der Waals surface area (Å²) in [5.41, 5.74) is 1.18. The summed E-state index contributed by atoms with van der Waals surface area (Å²) in [7, 11) is 0. The quantitative estimate of drug-likeness (QED) is 0.794. The fraction of sp³-hybridized carbons (Fsp3) is 0.667. The van der Waals surface area contributed by atoms with Gasteiger partial charge in [0.2, 0.25) is 5.91 Å². The van der Waals surface area contributed by atoms with Crippen molar-refractivity contribution in [2.45, 2.75) is 52.4 Å². The smallest absolute Gasteiger partial charge is 0.223 e. The third-order valence-corrected chi connectivity index (χ3v) is 5.63. The molecule has 1 unspecified atom stereocenters. The molecule has 0 radical (unpaired) electrons. The van der Waals surface area contributed by atoms with E-state index < -0.39 is 0 Å². The Hall–Kier alpha value is -1.35. The van der Waals surface area contributed by atoms with Crippen LogP contribution in [-0.2, 0) is 4.79 Å². The van der Waals surface area contributed by atoms with E-state index in [1.54, 1.807) is 0 Å². The maximum Gasteiger partial charge on any atom is 0.223 e. The molecule has 1 aliphatic rings. The van der Waals surface area contributed by atoms with Crippen molar-refractivity contribution in [2.24, 2.45) is 23.7 Å². The summed E-state index contributed by atoms with van der Waals surface area (Å²) in [5.74, 6) is 2.21. The third kappa shape index (κ3) is 5.07. The highest BCUT2D eigenvalue weighted by Gasteiger charge is 2.35. The molecule has 0 aliphatic heterocycles. The van der Waals surface area contributed by atoms with Crippen molar-refractivity contribution in [3.63, 3.8) is 0 Å². The fourth-order valence-electron chi connectivity index (χ4n) is 4.13. The molecule has 134 valence electrons. The highest BCUT2D eigenvalue weighted by atomic mass is 16.3. The molecule has 4 atom stereocenters. The van der Waals surface area contributed by atoms with Gasteiger partial charge in [-0.05, 0) is 42.6 Å². The number of aliphatic hydroxyl groups is 1. The van der Waals surface area contributed by atoms with Gasteiger partial charge in [0.05, 0.1) is 0 Å². The number of benzene rings is 1. The van der Waals surface area contributed by atoms with Crippen LogP contribution in [0.3, 0.4) is 0 Å². The summed E-state index contributed by atoms with van der Waals surface area (Å²) < 4.78 is 0. The average Bonchev–Trinajstić information content (AvgIpc) is 2.58. The van der Waals surface area contributed by atoms with Gasteiger partial charge >= 0.3 is 0 Å². The molecule has 1 amide bonds. The Bertz CT molecular complexity index is 500. The van der Waals surface area contributed by atoms with Gasteiger partial charge in [-0.15, -0.1) is 0 Å². The first-order chi connectivity index (χ1) is 11.5. The first kappa shape index (κ1) is 19.0. The molecule has 0 spiro atoms. The van der Waals surface area contributed by atoms with Crippen LogP contribution in [0.15, 0.2) is 30.3 Å². The van der Waals surface area contributed by atoms with Crippen molar-refractivity contribution >= 4 is 5.91 Å². The van der Waals surface area contributed by atoms with Crippen molar-refractivity contribution in [2.75, 3.05) is 13.2 Å². The van der Waals surface area contributed by atoms with Crippen LogP contribution in [0, 0.1) is 23.7 Å². The fourth-order valence-corrected chi connectivity index (χ4v) is 4.13. The van der Waals surface area contributed by atoms with Gasteiger partial charge in [-0.2, -0.15) is 0 Å². The van der Waals surface area contributed by atoms with E-state index in [9.17, 15) is 9.90 Å². The standard InChI is InChI=1S/C21H33NO2/c1-15(2)19-10-9-16(3)13-20(19)21(24)22-14-18(11-12-23)17-7-5-4-6-8-17/h4-8,15-16,18-20,23H,9-14H2,1-3H3,(H,22,24)/t16-,18?,19+,20-/m1/s1. The molecule has 1 fully saturated rings. The van der Waals surface area contributed by atoms with Crippen LogP contribution in [0.1, 0.15) is 57.9 Å². The number of nitrogens with one attached hydrogen (secondary N) is 1. The van der Waals surface area contributed by atoms with Gasteiger partial charge in [0.25, 0.3) is 0 Å². The molecule has 3 nitrogen and oxygen atoms in total. The first-order valence-electron chi connectivity index (χ1n) is 9.46. The Morgan fingerprint density at radius 3 is 2.58 bits per heavy atom. The summed E-state index contributed by atoms with van der Waals surface area (Å²) in [4.78, 5) is 12.8. The number of carbonyl (C=O) groups is 1. The van der Waals surface area contributed by atoms with Crippen molar-refractivity contribution in [3.05, 3.63) is 35.9 Å². The Kier molecular flexibility index (Phi) is 7.29. The molecular weight excluding hydrogens is 298 g/mol. The second kappa shape index (κ2) is 9.22. The zero-order valence-electron chi connectivity index (χ0n) is 15.4. The molecule has 0 saturated heterocycles. The lowest BCUT2D eigenvalue weighted by atomic mass is 9.70. The van der Waals surface area contributed by atoms with E-state index in [-0.39, 0.29) is 24.3 Å². The lowest BCUT2D eigenvalue weighted by Crippen LogP contribution is -2.41. The van der Waals surface area contributed by atoms with Gasteiger partial charge in [-0.25, -0.2) is 0 Å². The highest BCUT2D eigenvalue weighted by Crippen LogP contribution is 2.38. The van der Waals surface area contributed by atoms with Gasteiger partial charge in [0.15, 0.2) is 0 Å². The van der Waals surface area contributed by atoms with Crippen molar-refractivity contribution < 1.29 is 9.90 Å². The summed E-state index contributed by atoms with van der Waals surface area (Å²) in [5, 5.41) is 12.5. The zero-order valence-corrected chi connectivity index (χ0v) is 15.4. The van der Waals surface area contributed by atoms with Crippen molar-refractivity contribution in [1.29, 1.82) is 0 Å². The molecule has 24 heavy (non-hydrogen) atoms. The normalized spacial score (nSPS) is 25.5. The Morgan fingerprint density at radius 2 is 1.96 bits per heavy atom. The van der Waals surface area contributed by atoms with Crippen LogP contribution in [0.5, 0.6) is 0 Å². The molecule has 0 aromatic heterocycles. The van der Waals surface area contributed by atoms with Crippen LogP contribution >= 0.6 is 0 Å². The Balaban J connectivity index is 1.98. The van der Waals surface area contributed by atoms with E-state index in [2.05, 4.69) is 38.2 Å². The summed E-state index contributed by atoms with van der Waals surface area (Å²) in [6.45, 7) is 7.48. The monoisotopic (exact) mass is 331 g/mol. The molecule has 0 heterocycles. The largest absolute Gasteiger partial charge is 0.396 e. The maximum absolute atomic E-state index is 12.8. The van der Waals surface area contributed by atoms with E-state index in [1.807, 2.05) is 18.2 Å². The number of amides is 1. The van der Waals surface area contributed by atoms with Gasteiger partial charge < -0.3 is 10.4 Å². The first-order valence-corrected chi connectivity index (χ1v) is 9.46. The molecule has 3 heteroatoms. The van der Waals surface area contributed by atoms with E-state index in [1.165, 1.54) is 12.0 Å². The van der Waals surface area contributed by atoms with Crippen molar-refractivity contribution in [1.82, 2.24) is 5.32 Å². The van der Waals surface area contributed by atoms with E-state index in [0.29, 0.717) is 30.7 Å². The molecule has 1 aromatic rings. The zero-order chi connectivity index (χ0) is 17.5. The van der Waals surface area contributed by atoms with Crippen LogP contribution < -0.4 is 5.32 Å². The van der Waals surface area contributed by atoms with E-state index in [4.69, 9.17) is 0 Å². The molecule has 1 aliphatic carbocycles. The van der Waals surface area contributed by atoms with Crippen LogP contribution in [0.25, 0.3) is 0 Å². The summed E-state index contributed by atoms with van der Waals surface area (Å²) in [6.07, 6.45) is 4.09. The topological polar surface area (TPSA) is 49.3 Å². The van der Waals surface area contributed by atoms with Gasteiger partial charge in [0.1, 0.15) is 0 Å². The minimum Gasteiger partial charge on any atom is -0.396 e. The van der Waals surface area contributed by atoms with Gasteiger partial charge in [0, 0.05) is 25.0 Å². The molecule has 2 N–H and O–H groups in total. The predicted octanol–water partition coefficient (Wildman–Crippen LogP) is 3.98. The minimum absolute atomic E-state index is 0.138. The SMILES string of the molecule is CC(C)[C@@H]1CC[C@@H](C)C[C@H]1C(=O)NCC(CCO)c1ccccc1. The number of aliphatic hydroxyl groups excluding tert-OH is 1. The minimum atomic E-state index is 0.138. The summed E-state index contributed by atoms with van der Waals surface area (Å²) >= 11 is 0. The van der Waals surface area contributed by atoms with Crippen LogP contribution in [0.4, 0.5) is 0 Å². The van der Waals surface area contributed by atoms with E-state index in [0.717, 1.165) is 12.8 Å². The average molecular weight is 332 g/mol. The Morgan fingerprint density at radius 1 is 1.25 bits per heavy atom. The Labute approximate surface area is 146 Å². The van der Waals surface area contributed by atoms with Gasteiger partial charge in [-0.3, -0.25) is 4.79 Å². The summed E-state index contributed by atoms with van der Waals surface area (Å²) in [6, 6.07) is 10.2. The number of hydrogen-bond donors (Lipinski definition) is 2. The molecule has 0 bridgehead atoms. The predicted molar refractivity (Wildman–Crippen MR) is 98.7 cm³/mol. The van der Waals surface area contributed by atoms with E-state index >= 15 is 0 Å².